The second-order valence-electron chi connectivity index (χ2n) is 9.06. The van der Waals surface area contributed by atoms with E-state index in [0.29, 0.717) is 48.1 Å². The van der Waals surface area contributed by atoms with Gasteiger partial charge in [-0.1, -0.05) is 25.4 Å². The first-order valence-electron chi connectivity index (χ1n) is 11.4. The van der Waals surface area contributed by atoms with Crippen LogP contribution in [0.5, 0.6) is 0 Å². The molecule has 10 heteroatoms. The van der Waals surface area contributed by atoms with Gasteiger partial charge in [-0.15, -0.1) is 11.3 Å². The number of hydrogen-bond acceptors (Lipinski definition) is 7. The minimum absolute atomic E-state index is 0.193. The summed E-state index contributed by atoms with van der Waals surface area (Å²) in [6, 6.07) is 3.12. The van der Waals surface area contributed by atoms with E-state index in [2.05, 4.69) is 29.8 Å². The fourth-order valence-electron chi connectivity index (χ4n) is 4.52. The van der Waals surface area contributed by atoms with Crippen molar-refractivity contribution < 1.29 is 19.5 Å². The van der Waals surface area contributed by atoms with Crippen LogP contribution in [0.15, 0.2) is 17.5 Å². The second-order valence-corrected chi connectivity index (χ2v) is 10.4. The lowest BCUT2D eigenvalue weighted by atomic mass is 9.97. The molecule has 2 aromatic rings. The van der Waals surface area contributed by atoms with Crippen molar-refractivity contribution in [2.75, 3.05) is 5.32 Å². The van der Waals surface area contributed by atoms with Crippen molar-refractivity contribution in [3.63, 3.8) is 0 Å². The van der Waals surface area contributed by atoms with Crippen LogP contribution in [0.4, 0.5) is 5.69 Å². The number of carbonyl (C=O) groups is 3. The lowest BCUT2D eigenvalue weighted by molar-refractivity contribution is -0.132. The van der Waals surface area contributed by atoms with Gasteiger partial charge in [0.2, 0.25) is 11.8 Å². The third kappa shape index (κ3) is 4.98. The molecule has 182 valence electrons. The van der Waals surface area contributed by atoms with Gasteiger partial charge in [0.25, 0.3) is 5.91 Å². The first-order chi connectivity index (χ1) is 16.2. The number of fused-ring (bicyclic) bond motifs is 1. The number of amides is 3. The minimum Gasteiger partial charge on any atom is -0.361 e. The van der Waals surface area contributed by atoms with Gasteiger partial charge < -0.3 is 15.3 Å². The second kappa shape index (κ2) is 10.0. The van der Waals surface area contributed by atoms with Gasteiger partial charge >= 0.3 is 0 Å². The molecule has 2 aliphatic heterocycles. The van der Waals surface area contributed by atoms with Crippen molar-refractivity contribution in [3.8, 4) is 0 Å². The Morgan fingerprint density at radius 2 is 2.06 bits per heavy atom. The van der Waals surface area contributed by atoms with E-state index in [4.69, 9.17) is 11.6 Å². The molecule has 0 saturated carbocycles. The van der Waals surface area contributed by atoms with Crippen molar-refractivity contribution in [2.24, 2.45) is 0 Å². The predicted octanol–water partition coefficient (Wildman–Crippen LogP) is 3.46. The highest BCUT2D eigenvalue weighted by Gasteiger charge is 2.39. The molecule has 0 spiro atoms. The molecule has 4 rings (SSSR count). The Morgan fingerprint density at radius 3 is 2.79 bits per heavy atom. The number of aliphatic hydroxyl groups is 1. The molecule has 34 heavy (non-hydrogen) atoms. The van der Waals surface area contributed by atoms with Crippen LogP contribution >= 0.6 is 22.9 Å². The monoisotopic (exact) mass is 504 g/mol. The zero-order valence-corrected chi connectivity index (χ0v) is 21.0. The van der Waals surface area contributed by atoms with Crippen LogP contribution in [0.2, 0.25) is 5.02 Å². The highest BCUT2D eigenvalue weighted by Crippen LogP contribution is 2.34. The number of thiophene rings is 1. The van der Waals surface area contributed by atoms with E-state index in [1.54, 1.807) is 16.3 Å². The van der Waals surface area contributed by atoms with E-state index < -0.39 is 18.3 Å². The lowest BCUT2D eigenvalue weighted by Crippen LogP contribution is -2.47. The molecule has 0 aliphatic carbocycles. The van der Waals surface area contributed by atoms with Crippen LogP contribution in [-0.4, -0.2) is 40.1 Å². The predicted molar refractivity (Wildman–Crippen MR) is 132 cm³/mol. The number of halogens is 1. The first-order valence-corrected chi connectivity index (χ1v) is 12.6. The van der Waals surface area contributed by atoms with Crippen molar-refractivity contribution in [2.45, 2.75) is 71.4 Å². The maximum absolute atomic E-state index is 12.9. The largest absolute Gasteiger partial charge is 0.361 e. The van der Waals surface area contributed by atoms with E-state index in [1.165, 1.54) is 11.3 Å². The molecule has 3 heterocycles. The molecule has 1 fully saturated rings. The molecule has 1 saturated heterocycles. The van der Waals surface area contributed by atoms with Crippen molar-refractivity contribution in [1.82, 2.24) is 15.5 Å². The summed E-state index contributed by atoms with van der Waals surface area (Å²) in [5.41, 5.74) is 4.30. The molecule has 0 bridgehead atoms. The Balaban J connectivity index is 1.40. The van der Waals surface area contributed by atoms with E-state index >= 15 is 0 Å². The summed E-state index contributed by atoms with van der Waals surface area (Å²) >= 11 is 7.81. The third-order valence-electron chi connectivity index (χ3n) is 6.39. The van der Waals surface area contributed by atoms with Gasteiger partial charge in [-0.3, -0.25) is 25.0 Å². The Bertz CT molecular complexity index is 1130. The third-order valence-corrected chi connectivity index (χ3v) is 7.81. The quantitative estimate of drug-likeness (QED) is 0.339. The van der Waals surface area contributed by atoms with Crippen LogP contribution < -0.4 is 16.0 Å². The summed E-state index contributed by atoms with van der Waals surface area (Å²) in [4.78, 5) is 39.5. The molecule has 2 atom stereocenters. The molecule has 0 radical (unpaired) electrons. The Labute approximate surface area is 207 Å². The lowest BCUT2D eigenvalue weighted by Gasteiger charge is -2.25. The Morgan fingerprint density at radius 1 is 1.29 bits per heavy atom. The van der Waals surface area contributed by atoms with Crippen LogP contribution in [0.3, 0.4) is 0 Å². The van der Waals surface area contributed by atoms with Gasteiger partial charge in [0.05, 0.1) is 5.56 Å². The van der Waals surface area contributed by atoms with Crippen LogP contribution in [0, 0.1) is 6.92 Å². The number of anilines is 1. The number of hydrogen-bond donors (Lipinski definition) is 4. The summed E-state index contributed by atoms with van der Waals surface area (Å²) in [6.45, 7) is 6.83. The molecular formula is C24H29ClN4O4S. The molecule has 4 N–H and O–H groups in total. The molecule has 1 aromatic carbocycles. The van der Waals surface area contributed by atoms with E-state index in [-0.39, 0.29) is 18.2 Å². The van der Waals surface area contributed by atoms with Crippen molar-refractivity contribution in [3.05, 3.63) is 49.7 Å². The maximum Gasteiger partial charge on any atom is 0.256 e. The van der Waals surface area contributed by atoms with Crippen LogP contribution in [0.1, 0.15) is 71.0 Å². The summed E-state index contributed by atoms with van der Waals surface area (Å²) in [6.07, 6.45) is 0.289. The summed E-state index contributed by atoms with van der Waals surface area (Å²) in [5.74, 6) is -0.607. The molecule has 1 aromatic heterocycles. The fraction of sp³-hybridized carbons (Fsp3) is 0.458. The van der Waals surface area contributed by atoms with Gasteiger partial charge in [0, 0.05) is 40.5 Å². The number of nitrogens with one attached hydrogen (secondary N) is 3. The molecule has 2 aliphatic rings. The SMILES string of the molecule is Cc1c(Cl)cc(NC(O)NCc2scc3c2CN([C@H]2CCCC(=O)NC2=O)C3=O)cc1C(C)C. The van der Waals surface area contributed by atoms with Gasteiger partial charge in [-0.05, 0) is 54.5 Å². The zero-order chi connectivity index (χ0) is 24.6. The molecular weight excluding hydrogens is 476 g/mol. The fourth-order valence-corrected chi connectivity index (χ4v) is 5.73. The Hall–Kier alpha value is -2.46. The van der Waals surface area contributed by atoms with Crippen molar-refractivity contribution in [1.29, 1.82) is 0 Å². The van der Waals surface area contributed by atoms with E-state index in [1.807, 2.05) is 13.0 Å². The number of carbonyl (C=O) groups excluding carboxylic acids is 3. The number of rotatable bonds is 7. The number of imide groups is 1. The van der Waals surface area contributed by atoms with Crippen LogP contribution in [-0.2, 0) is 22.7 Å². The maximum atomic E-state index is 12.9. The molecule has 8 nitrogen and oxygen atoms in total. The van der Waals surface area contributed by atoms with Gasteiger partial charge in [0.1, 0.15) is 6.04 Å². The first kappa shape index (κ1) is 24.7. The van der Waals surface area contributed by atoms with Crippen molar-refractivity contribution >= 4 is 46.3 Å². The average Bonchev–Trinajstić information content (AvgIpc) is 3.26. The standard InChI is InChI=1S/C24H29ClN4O4S/c1-12(2)15-7-14(8-18(25)13(15)3)27-24(33)26-9-20-16-10-29(23(32)17(16)11-34-20)19-5-4-6-21(30)28-22(19)31/h7-8,11-12,19,24,26-27,33H,4-6,9-10H2,1-3H3,(H,28,30,31)/t19-,24?/m0/s1. The highest BCUT2D eigenvalue weighted by molar-refractivity contribution is 7.10. The normalized spacial score (nSPS) is 19.3. The topological polar surface area (TPSA) is 111 Å². The molecule has 3 amide bonds. The number of aliphatic hydroxyl groups excluding tert-OH is 1. The Kier molecular flexibility index (Phi) is 7.28. The number of nitrogens with zero attached hydrogens (tertiary/aromatic N) is 1. The highest BCUT2D eigenvalue weighted by atomic mass is 35.5. The van der Waals surface area contributed by atoms with E-state index in [0.717, 1.165) is 21.6 Å². The summed E-state index contributed by atoms with van der Waals surface area (Å²) in [5, 5.41) is 21.4. The molecule has 1 unspecified atom stereocenters. The summed E-state index contributed by atoms with van der Waals surface area (Å²) in [7, 11) is 0. The van der Waals surface area contributed by atoms with Gasteiger partial charge in [-0.25, -0.2) is 0 Å². The number of benzene rings is 1. The smallest absolute Gasteiger partial charge is 0.256 e. The zero-order valence-electron chi connectivity index (χ0n) is 19.4. The van der Waals surface area contributed by atoms with Gasteiger partial charge in [-0.2, -0.15) is 0 Å². The summed E-state index contributed by atoms with van der Waals surface area (Å²) < 4.78 is 0. The van der Waals surface area contributed by atoms with Crippen LogP contribution in [0.25, 0.3) is 0 Å². The average molecular weight is 505 g/mol. The minimum atomic E-state index is -1.02. The van der Waals surface area contributed by atoms with E-state index in [9.17, 15) is 19.5 Å². The van der Waals surface area contributed by atoms with Gasteiger partial charge in [0.15, 0.2) is 6.35 Å².